The van der Waals surface area contributed by atoms with E-state index in [0.717, 1.165) is 0 Å². The summed E-state index contributed by atoms with van der Waals surface area (Å²) in [6, 6.07) is 4.98. The van der Waals surface area contributed by atoms with Crippen molar-refractivity contribution >= 4 is 23.4 Å². The van der Waals surface area contributed by atoms with Crippen LogP contribution < -0.4 is 24.6 Å². The van der Waals surface area contributed by atoms with E-state index in [4.69, 9.17) is 9.47 Å². The number of anilines is 3. The Bertz CT molecular complexity index is 762. The van der Waals surface area contributed by atoms with Crippen LogP contribution in [0, 0.1) is 0 Å². The third-order valence-corrected chi connectivity index (χ3v) is 3.47. The normalized spacial score (nSPS) is 10.2. The first-order valence-corrected chi connectivity index (χ1v) is 7.62. The number of aromatic nitrogens is 2. The Balaban J connectivity index is 2.31. The first kappa shape index (κ1) is 18.3. The first-order chi connectivity index (χ1) is 11.9. The summed E-state index contributed by atoms with van der Waals surface area (Å²) in [6.07, 6.45) is 1.59. The maximum absolute atomic E-state index is 12.6. The van der Waals surface area contributed by atoms with Crippen LogP contribution in [0.2, 0.25) is 0 Å². The second-order valence-electron chi connectivity index (χ2n) is 5.72. The van der Waals surface area contributed by atoms with Crippen molar-refractivity contribution in [1.82, 2.24) is 9.97 Å². The number of carbonyl (C=O) groups is 1. The van der Waals surface area contributed by atoms with E-state index in [1.807, 2.05) is 33.1 Å². The average molecular weight is 345 g/mol. The van der Waals surface area contributed by atoms with Crippen LogP contribution in [-0.4, -0.2) is 58.3 Å². The van der Waals surface area contributed by atoms with Gasteiger partial charge >= 0.3 is 0 Å². The smallest absolute Gasteiger partial charge is 0.255 e. The molecule has 0 spiro atoms. The monoisotopic (exact) mass is 345 g/mol. The summed E-state index contributed by atoms with van der Waals surface area (Å²) in [5.74, 6) is 1.94. The summed E-state index contributed by atoms with van der Waals surface area (Å²) in [6.45, 7) is 0. The van der Waals surface area contributed by atoms with Crippen molar-refractivity contribution in [2.45, 2.75) is 0 Å². The van der Waals surface area contributed by atoms with Gasteiger partial charge in [-0.3, -0.25) is 4.79 Å². The second kappa shape index (κ2) is 7.69. The maximum Gasteiger partial charge on any atom is 0.255 e. The highest BCUT2D eigenvalue weighted by Gasteiger charge is 2.16. The van der Waals surface area contributed by atoms with E-state index in [1.165, 1.54) is 7.11 Å². The summed E-state index contributed by atoms with van der Waals surface area (Å²) in [5, 5.41) is 2.84. The zero-order chi connectivity index (χ0) is 18.6. The van der Waals surface area contributed by atoms with Crippen LogP contribution in [0.25, 0.3) is 0 Å². The van der Waals surface area contributed by atoms with Crippen molar-refractivity contribution in [2.24, 2.45) is 0 Å². The second-order valence-corrected chi connectivity index (χ2v) is 5.72. The van der Waals surface area contributed by atoms with Crippen LogP contribution in [0.15, 0.2) is 24.4 Å². The predicted molar refractivity (Wildman–Crippen MR) is 98.2 cm³/mol. The topological polar surface area (TPSA) is 79.8 Å². The average Bonchev–Trinajstić information content (AvgIpc) is 2.60. The van der Waals surface area contributed by atoms with E-state index in [-0.39, 0.29) is 5.91 Å². The molecule has 1 heterocycles. The summed E-state index contributed by atoms with van der Waals surface area (Å²) in [5.41, 5.74) is 0.967. The number of methoxy groups -OCH3 is 2. The van der Waals surface area contributed by atoms with Crippen LogP contribution in [0.5, 0.6) is 11.5 Å². The fraction of sp³-hybridized carbons (Fsp3) is 0.353. The lowest BCUT2D eigenvalue weighted by Gasteiger charge is -2.19. The third-order valence-electron chi connectivity index (χ3n) is 3.47. The van der Waals surface area contributed by atoms with Crippen LogP contribution in [0.3, 0.4) is 0 Å². The van der Waals surface area contributed by atoms with Crippen molar-refractivity contribution in [3.63, 3.8) is 0 Å². The Labute approximate surface area is 147 Å². The predicted octanol–water partition coefficient (Wildman–Crippen LogP) is 1.88. The molecule has 0 saturated carbocycles. The van der Waals surface area contributed by atoms with E-state index >= 15 is 0 Å². The number of nitrogens with zero attached hydrogens (tertiary/aromatic N) is 4. The van der Waals surface area contributed by atoms with E-state index < -0.39 is 0 Å². The van der Waals surface area contributed by atoms with Crippen LogP contribution in [0.1, 0.15) is 10.4 Å². The standard InChI is InChI=1S/C17H23N5O3/c1-21(2)15-12(10-18-17(20-15)22(3)4)19-16(23)11-7-8-13(24-5)14(9-11)25-6/h7-10H,1-6H3,(H,19,23). The molecule has 1 aromatic carbocycles. The molecule has 2 rings (SSSR count). The van der Waals surface area contributed by atoms with Gasteiger partial charge in [0.25, 0.3) is 5.91 Å². The van der Waals surface area contributed by atoms with E-state index in [2.05, 4.69) is 15.3 Å². The van der Waals surface area contributed by atoms with E-state index in [0.29, 0.717) is 34.5 Å². The van der Waals surface area contributed by atoms with Gasteiger partial charge in [0.1, 0.15) is 5.69 Å². The maximum atomic E-state index is 12.6. The van der Waals surface area contributed by atoms with Gasteiger partial charge in [0.2, 0.25) is 5.95 Å². The number of hydrogen-bond acceptors (Lipinski definition) is 7. The largest absolute Gasteiger partial charge is 0.493 e. The molecule has 0 unspecified atom stereocenters. The number of amides is 1. The van der Waals surface area contributed by atoms with Crippen molar-refractivity contribution in [1.29, 1.82) is 0 Å². The van der Waals surface area contributed by atoms with Gasteiger partial charge in [-0.15, -0.1) is 0 Å². The van der Waals surface area contributed by atoms with Crippen LogP contribution in [0.4, 0.5) is 17.5 Å². The fourth-order valence-corrected chi connectivity index (χ4v) is 2.18. The Kier molecular flexibility index (Phi) is 5.63. The number of nitrogens with one attached hydrogen (secondary N) is 1. The minimum absolute atomic E-state index is 0.287. The first-order valence-electron chi connectivity index (χ1n) is 7.62. The fourth-order valence-electron chi connectivity index (χ4n) is 2.18. The summed E-state index contributed by atoms with van der Waals surface area (Å²) < 4.78 is 10.4. The Morgan fingerprint density at radius 3 is 2.28 bits per heavy atom. The van der Waals surface area contributed by atoms with Gasteiger partial charge in [0.05, 0.1) is 20.4 Å². The minimum Gasteiger partial charge on any atom is -0.493 e. The quantitative estimate of drug-likeness (QED) is 0.856. The molecule has 0 saturated heterocycles. The van der Waals surface area contributed by atoms with Crippen molar-refractivity contribution in [3.05, 3.63) is 30.0 Å². The van der Waals surface area contributed by atoms with Crippen molar-refractivity contribution in [3.8, 4) is 11.5 Å². The molecule has 0 bridgehead atoms. The van der Waals surface area contributed by atoms with Gasteiger partial charge in [0.15, 0.2) is 17.3 Å². The number of benzene rings is 1. The highest BCUT2D eigenvalue weighted by molar-refractivity contribution is 6.06. The molecule has 8 heteroatoms. The lowest BCUT2D eigenvalue weighted by atomic mass is 10.2. The molecule has 25 heavy (non-hydrogen) atoms. The van der Waals surface area contributed by atoms with Gasteiger partial charge in [0, 0.05) is 33.8 Å². The lowest BCUT2D eigenvalue weighted by molar-refractivity contribution is 0.102. The summed E-state index contributed by atoms with van der Waals surface area (Å²) >= 11 is 0. The highest BCUT2D eigenvalue weighted by atomic mass is 16.5. The highest BCUT2D eigenvalue weighted by Crippen LogP contribution is 2.29. The van der Waals surface area contributed by atoms with Crippen molar-refractivity contribution < 1.29 is 14.3 Å². The van der Waals surface area contributed by atoms with Crippen molar-refractivity contribution in [2.75, 3.05) is 57.5 Å². The van der Waals surface area contributed by atoms with E-state index in [9.17, 15) is 4.79 Å². The van der Waals surface area contributed by atoms with Gasteiger partial charge in [-0.2, -0.15) is 4.98 Å². The zero-order valence-electron chi connectivity index (χ0n) is 15.3. The molecule has 134 valence electrons. The number of ether oxygens (including phenoxy) is 2. The van der Waals surface area contributed by atoms with Gasteiger partial charge in [-0.1, -0.05) is 0 Å². The van der Waals surface area contributed by atoms with Gasteiger partial charge < -0.3 is 24.6 Å². The number of rotatable bonds is 6. The molecule has 0 radical (unpaired) electrons. The Morgan fingerprint density at radius 1 is 1.04 bits per heavy atom. The Morgan fingerprint density at radius 2 is 1.72 bits per heavy atom. The molecule has 8 nitrogen and oxygen atoms in total. The Hall–Kier alpha value is -3.03. The molecule has 0 aliphatic rings. The van der Waals surface area contributed by atoms with Crippen LogP contribution >= 0.6 is 0 Å². The number of hydrogen-bond donors (Lipinski definition) is 1. The lowest BCUT2D eigenvalue weighted by Crippen LogP contribution is -2.21. The molecule has 0 fully saturated rings. The molecule has 1 N–H and O–H groups in total. The summed E-state index contributed by atoms with van der Waals surface area (Å²) in [7, 11) is 10.5. The third kappa shape index (κ3) is 4.09. The van der Waals surface area contributed by atoms with E-state index in [1.54, 1.807) is 36.4 Å². The molecule has 1 aromatic heterocycles. The molecule has 1 amide bonds. The minimum atomic E-state index is -0.287. The molecular weight excluding hydrogens is 322 g/mol. The molecule has 2 aromatic rings. The SMILES string of the molecule is COc1ccc(C(=O)Nc2cnc(N(C)C)nc2N(C)C)cc1OC. The van der Waals surface area contributed by atoms with Gasteiger partial charge in [-0.05, 0) is 18.2 Å². The van der Waals surface area contributed by atoms with Crippen LogP contribution in [-0.2, 0) is 0 Å². The molecule has 0 atom stereocenters. The number of carbonyl (C=O) groups excluding carboxylic acids is 1. The molecule has 0 aliphatic heterocycles. The molecule has 0 aliphatic carbocycles. The van der Waals surface area contributed by atoms with Gasteiger partial charge in [-0.25, -0.2) is 4.98 Å². The summed E-state index contributed by atoms with van der Waals surface area (Å²) in [4.78, 5) is 24.9. The molecular formula is C17H23N5O3. The zero-order valence-corrected chi connectivity index (χ0v) is 15.3.